The third-order valence-electron chi connectivity index (χ3n) is 1.97. The smallest absolute Gasteiger partial charge is 0.233 e. The van der Waals surface area contributed by atoms with E-state index in [9.17, 15) is 4.79 Å². The fourth-order valence-electron chi connectivity index (χ4n) is 1.19. The minimum Gasteiger partial charge on any atom is -0.508 e. The van der Waals surface area contributed by atoms with E-state index in [0.29, 0.717) is 6.42 Å². The van der Waals surface area contributed by atoms with Crippen LogP contribution in [0.1, 0.15) is 18.4 Å². The lowest BCUT2D eigenvalue weighted by molar-refractivity contribution is -0.121. The molecule has 1 aromatic rings. The average Bonchev–Trinajstić information content (AvgIpc) is 2.21. The molecule has 0 unspecified atom stereocenters. The standard InChI is InChI=1S/C10H14N2O2/c11-12-10(14)3-1-2-8-4-6-9(13)7-5-8/h4-7,13H,1-3,11H2,(H,12,14). The van der Waals surface area contributed by atoms with Crippen molar-refractivity contribution in [3.63, 3.8) is 0 Å². The Morgan fingerprint density at radius 1 is 1.36 bits per heavy atom. The van der Waals surface area contributed by atoms with Crippen LogP contribution in [-0.4, -0.2) is 11.0 Å². The van der Waals surface area contributed by atoms with Crippen LogP contribution in [0.3, 0.4) is 0 Å². The van der Waals surface area contributed by atoms with Crippen molar-refractivity contribution in [3.8, 4) is 5.75 Å². The molecule has 1 rings (SSSR count). The zero-order valence-electron chi connectivity index (χ0n) is 7.86. The molecule has 1 amide bonds. The molecule has 4 nitrogen and oxygen atoms in total. The Morgan fingerprint density at radius 3 is 2.57 bits per heavy atom. The molecule has 0 saturated carbocycles. The fourth-order valence-corrected chi connectivity index (χ4v) is 1.19. The van der Waals surface area contributed by atoms with Crippen molar-refractivity contribution < 1.29 is 9.90 Å². The normalized spacial score (nSPS) is 9.79. The SMILES string of the molecule is NNC(=O)CCCc1ccc(O)cc1. The quantitative estimate of drug-likeness (QED) is 0.375. The highest BCUT2D eigenvalue weighted by Gasteiger charge is 1.98. The Morgan fingerprint density at radius 2 is 2.00 bits per heavy atom. The molecule has 0 atom stereocenters. The molecule has 0 radical (unpaired) electrons. The first-order chi connectivity index (χ1) is 6.72. The summed E-state index contributed by atoms with van der Waals surface area (Å²) >= 11 is 0. The van der Waals surface area contributed by atoms with Crippen LogP contribution in [0, 0.1) is 0 Å². The number of benzene rings is 1. The minimum atomic E-state index is -0.149. The highest BCUT2D eigenvalue weighted by Crippen LogP contribution is 2.11. The maximum Gasteiger partial charge on any atom is 0.233 e. The fraction of sp³-hybridized carbons (Fsp3) is 0.300. The van der Waals surface area contributed by atoms with Crippen LogP contribution >= 0.6 is 0 Å². The number of carbonyl (C=O) groups excluding carboxylic acids is 1. The number of hydrazine groups is 1. The predicted molar refractivity (Wildman–Crippen MR) is 53.4 cm³/mol. The summed E-state index contributed by atoms with van der Waals surface area (Å²) in [7, 11) is 0. The van der Waals surface area contributed by atoms with Gasteiger partial charge in [-0.2, -0.15) is 0 Å². The van der Waals surface area contributed by atoms with E-state index >= 15 is 0 Å². The highest BCUT2D eigenvalue weighted by atomic mass is 16.3. The van der Waals surface area contributed by atoms with Crippen molar-refractivity contribution in [2.45, 2.75) is 19.3 Å². The Labute approximate surface area is 82.7 Å². The molecule has 4 N–H and O–H groups in total. The van der Waals surface area contributed by atoms with Gasteiger partial charge in [-0.1, -0.05) is 12.1 Å². The molecular formula is C10H14N2O2. The number of rotatable bonds is 4. The molecule has 0 fully saturated rings. The largest absolute Gasteiger partial charge is 0.508 e. The third-order valence-corrected chi connectivity index (χ3v) is 1.97. The number of amides is 1. The molecule has 0 aliphatic rings. The summed E-state index contributed by atoms with van der Waals surface area (Å²) < 4.78 is 0. The maximum atomic E-state index is 10.8. The zero-order valence-corrected chi connectivity index (χ0v) is 7.86. The first-order valence-electron chi connectivity index (χ1n) is 4.49. The van der Waals surface area contributed by atoms with Crippen LogP contribution in [0.5, 0.6) is 5.75 Å². The number of hydrogen-bond acceptors (Lipinski definition) is 3. The summed E-state index contributed by atoms with van der Waals surface area (Å²) in [5, 5.41) is 9.03. The van der Waals surface area contributed by atoms with E-state index < -0.39 is 0 Å². The highest BCUT2D eigenvalue weighted by molar-refractivity contribution is 5.75. The Hall–Kier alpha value is -1.55. The van der Waals surface area contributed by atoms with Crippen LogP contribution < -0.4 is 11.3 Å². The summed E-state index contributed by atoms with van der Waals surface area (Å²) in [5.41, 5.74) is 3.19. The van der Waals surface area contributed by atoms with Crippen LogP contribution in [-0.2, 0) is 11.2 Å². The molecule has 0 aliphatic heterocycles. The second kappa shape index (κ2) is 5.24. The Balaban J connectivity index is 2.31. The number of nitrogens with two attached hydrogens (primary N) is 1. The number of hydrogen-bond donors (Lipinski definition) is 3. The summed E-state index contributed by atoms with van der Waals surface area (Å²) in [4.78, 5) is 10.8. The van der Waals surface area contributed by atoms with E-state index in [1.54, 1.807) is 12.1 Å². The Kier molecular flexibility index (Phi) is 3.94. The number of phenols is 1. The van der Waals surface area contributed by atoms with Gasteiger partial charge in [0.15, 0.2) is 0 Å². The van der Waals surface area contributed by atoms with E-state index in [-0.39, 0.29) is 11.7 Å². The molecular weight excluding hydrogens is 180 g/mol. The summed E-state index contributed by atoms with van der Waals surface area (Å²) in [6.45, 7) is 0. The molecule has 0 spiro atoms. The van der Waals surface area contributed by atoms with E-state index in [4.69, 9.17) is 10.9 Å². The van der Waals surface area contributed by atoms with Crippen LogP contribution in [0.2, 0.25) is 0 Å². The van der Waals surface area contributed by atoms with Crippen molar-refractivity contribution in [3.05, 3.63) is 29.8 Å². The van der Waals surface area contributed by atoms with E-state index in [1.165, 1.54) is 0 Å². The predicted octanol–water partition coefficient (Wildman–Crippen LogP) is 0.705. The van der Waals surface area contributed by atoms with Crippen LogP contribution in [0.4, 0.5) is 0 Å². The van der Waals surface area contributed by atoms with Gasteiger partial charge in [-0.3, -0.25) is 10.2 Å². The monoisotopic (exact) mass is 194 g/mol. The molecule has 14 heavy (non-hydrogen) atoms. The van der Waals surface area contributed by atoms with Gasteiger partial charge in [0.2, 0.25) is 5.91 Å². The minimum absolute atomic E-state index is 0.149. The first kappa shape index (κ1) is 10.5. The van der Waals surface area contributed by atoms with E-state index in [1.807, 2.05) is 12.1 Å². The van der Waals surface area contributed by atoms with Gasteiger partial charge < -0.3 is 5.11 Å². The van der Waals surface area contributed by atoms with Crippen molar-refractivity contribution >= 4 is 5.91 Å². The van der Waals surface area contributed by atoms with Gasteiger partial charge in [-0.25, -0.2) is 5.84 Å². The molecule has 76 valence electrons. The number of aryl methyl sites for hydroxylation is 1. The van der Waals surface area contributed by atoms with Crippen molar-refractivity contribution in [1.29, 1.82) is 0 Å². The zero-order chi connectivity index (χ0) is 10.4. The molecule has 0 bridgehead atoms. The van der Waals surface area contributed by atoms with Gasteiger partial charge in [-0.15, -0.1) is 0 Å². The second-order valence-electron chi connectivity index (χ2n) is 3.09. The van der Waals surface area contributed by atoms with Gasteiger partial charge in [0.25, 0.3) is 0 Å². The number of nitrogens with one attached hydrogen (secondary N) is 1. The third kappa shape index (κ3) is 3.45. The maximum absolute atomic E-state index is 10.8. The van der Waals surface area contributed by atoms with Gasteiger partial charge in [0, 0.05) is 6.42 Å². The van der Waals surface area contributed by atoms with Gasteiger partial charge >= 0.3 is 0 Å². The van der Waals surface area contributed by atoms with Crippen LogP contribution in [0.25, 0.3) is 0 Å². The Bertz CT molecular complexity index is 295. The molecule has 4 heteroatoms. The van der Waals surface area contributed by atoms with Crippen molar-refractivity contribution in [2.75, 3.05) is 0 Å². The first-order valence-corrected chi connectivity index (χ1v) is 4.49. The lowest BCUT2D eigenvalue weighted by Gasteiger charge is -2.01. The number of carbonyl (C=O) groups is 1. The average molecular weight is 194 g/mol. The van der Waals surface area contributed by atoms with Gasteiger partial charge in [-0.05, 0) is 30.5 Å². The van der Waals surface area contributed by atoms with Crippen molar-refractivity contribution in [1.82, 2.24) is 5.43 Å². The summed E-state index contributed by atoms with van der Waals surface area (Å²) in [6, 6.07) is 6.96. The lowest BCUT2D eigenvalue weighted by atomic mass is 10.1. The number of phenolic OH excluding ortho intramolecular Hbond substituents is 1. The molecule has 0 saturated heterocycles. The topological polar surface area (TPSA) is 75.3 Å². The summed E-state index contributed by atoms with van der Waals surface area (Å²) in [5.74, 6) is 5.05. The van der Waals surface area contributed by atoms with Crippen LogP contribution in [0.15, 0.2) is 24.3 Å². The number of aromatic hydroxyl groups is 1. The van der Waals surface area contributed by atoms with E-state index in [0.717, 1.165) is 18.4 Å². The summed E-state index contributed by atoms with van der Waals surface area (Å²) in [6.07, 6.45) is 2.00. The van der Waals surface area contributed by atoms with Gasteiger partial charge in [0.05, 0.1) is 0 Å². The molecule has 1 aromatic carbocycles. The van der Waals surface area contributed by atoms with Crippen molar-refractivity contribution in [2.24, 2.45) is 5.84 Å². The second-order valence-corrected chi connectivity index (χ2v) is 3.09. The van der Waals surface area contributed by atoms with Gasteiger partial charge in [0.1, 0.15) is 5.75 Å². The lowest BCUT2D eigenvalue weighted by Crippen LogP contribution is -2.29. The molecule has 0 aliphatic carbocycles. The molecule has 0 heterocycles. The van der Waals surface area contributed by atoms with E-state index in [2.05, 4.69) is 5.43 Å². The molecule has 0 aromatic heterocycles.